The first kappa shape index (κ1) is 18.6. The van der Waals surface area contributed by atoms with Gasteiger partial charge in [0.25, 0.3) is 5.91 Å². The van der Waals surface area contributed by atoms with Gasteiger partial charge in [-0.2, -0.15) is 0 Å². The first-order valence-corrected chi connectivity index (χ1v) is 9.78. The van der Waals surface area contributed by atoms with Crippen molar-refractivity contribution in [1.29, 1.82) is 0 Å². The fourth-order valence-electron chi connectivity index (χ4n) is 4.28. The van der Waals surface area contributed by atoms with Gasteiger partial charge in [0.2, 0.25) is 12.0 Å². The number of β-lactam (4-membered cyclic amide) rings is 1. The summed E-state index contributed by atoms with van der Waals surface area (Å²) in [5.74, 6) is -0.500. The largest absolute Gasteiger partial charge is 0.447 e. The number of likely N-dealkylation sites (N-methyl/N-ethyl adjacent to an activating group) is 1. The molecule has 2 aliphatic heterocycles. The van der Waals surface area contributed by atoms with Crippen molar-refractivity contribution >= 4 is 29.1 Å². The number of nitrogens with zero attached hydrogens (tertiary/aromatic N) is 4. The van der Waals surface area contributed by atoms with Crippen LogP contribution in [0.5, 0.6) is 6.01 Å². The number of rotatable bonds is 3. The van der Waals surface area contributed by atoms with E-state index in [0.29, 0.717) is 10.7 Å². The maximum atomic E-state index is 13.2. The third-order valence-electron chi connectivity index (χ3n) is 5.67. The fourth-order valence-corrected chi connectivity index (χ4v) is 4.45. The lowest BCUT2D eigenvalue weighted by molar-refractivity contribution is -0.178. The van der Waals surface area contributed by atoms with Crippen LogP contribution in [0.1, 0.15) is 11.1 Å². The molecule has 8 heteroatoms. The summed E-state index contributed by atoms with van der Waals surface area (Å²) in [6.07, 6.45) is 2.15. The molecule has 0 spiro atoms. The molecule has 3 aromatic rings. The summed E-state index contributed by atoms with van der Waals surface area (Å²) in [5, 5.41) is 0.501. The van der Waals surface area contributed by atoms with Crippen LogP contribution < -0.4 is 9.64 Å². The van der Waals surface area contributed by atoms with Gasteiger partial charge in [0.1, 0.15) is 12.1 Å². The Morgan fingerprint density at radius 1 is 1.07 bits per heavy atom. The van der Waals surface area contributed by atoms with Crippen molar-refractivity contribution in [1.82, 2.24) is 14.9 Å². The van der Waals surface area contributed by atoms with Crippen LogP contribution in [0.3, 0.4) is 0 Å². The Morgan fingerprint density at radius 3 is 2.53 bits per heavy atom. The number of hydrogen-bond acceptors (Lipinski definition) is 5. The summed E-state index contributed by atoms with van der Waals surface area (Å²) >= 11 is 6.37. The van der Waals surface area contributed by atoms with Crippen molar-refractivity contribution in [3.8, 4) is 6.01 Å². The van der Waals surface area contributed by atoms with Gasteiger partial charge in [0.05, 0.1) is 0 Å². The Hall–Kier alpha value is -3.45. The normalized spacial score (nSPS) is 22.7. The molecule has 2 amide bonds. The van der Waals surface area contributed by atoms with Crippen LogP contribution in [-0.2, 0) is 15.1 Å². The van der Waals surface area contributed by atoms with Gasteiger partial charge in [0.15, 0.2) is 0 Å². The van der Waals surface area contributed by atoms with Crippen molar-refractivity contribution in [2.45, 2.75) is 11.6 Å². The Balaban J connectivity index is 1.78. The van der Waals surface area contributed by atoms with E-state index in [1.807, 2.05) is 30.3 Å². The van der Waals surface area contributed by atoms with Crippen LogP contribution in [0.25, 0.3) is 0 Å². The zero-order valence-electron chi connectivity index (χ0n) is 16.0. The number of hydrogen-bond donors (Lipinski definition) is 0. The average molecular weight is 421 g/mol. The predicted octanol–water partition coefficient (Wildman–Crippen LogP) is 2.64. The molecule has 1 aromatic heterocycles. The number of fused-ring (bicyclic) bond motifs is 3. The molecule has 0 aliphatic carbocycles. The summed E-state index contributed by atoms with van der Waals surface area (Å²) in [6, 6.07) is 16.6. The molecule has 0 N–H and O–H groups in total. The molecule has 1 fully saturated rings. The minimum Gasteiger partial charge on any atom is -0.447 e. The first-order chi connectivity index (χ1) is 14.5. The lowest BCUT2D eigenvalue weighted by Gasteiger charge is -2.55. The Morgan fingerprint density at radius 2 is 1.80 bits per heavy atom. The molecule has 2 atom stereocenters. The van der Waals surface area contributed by atoms with E-state index < -0.39 is 11.6 Å². The van der Waals surface area contributed by atoms with Crippen molar-refractivity contribution in [2.75, 3.05) is 18.5 Å². The monoisotopic (exact) mass is 420 g/mol. The molecule has 3 heterocycles. The summed E-state index contributed by atoms with van der Waals surface area (Å²) in [4.78, 5) is 37.4. The number of ether oxygens (including phenoxy) is 1. The highest BCUT2D eigenvalue weighted by Gasteiger charge is 2.66. The average Bonchev–Trinajstić information content (AvgIpc) is 2.86. The van der Waals surface area contributed by atoms with Crippen LogP contribution in [-0.4, -0.2) is 46.4 Å². The molecule has 0 saturated carbocycles. The zero-order valence-corrected chi connectivity index (χ0v) is 16.8. The van der Waals surface area contributed by atoms with E-state index in [0.717, 1.165) is 11.1 Å². The van der Waals surface area contributed by atoms with Gasteiger partial charge in [0, 0.05) is 35.7 Å². The van der Waals surface area contributed by atoms with Gasteiger partial charge >= 0.3 is 6.01 Å². The molecule has 0 unspecified atom stereocenters. The van der Waals surface area contributed by atoms with Gasteiger partial charge in [-0.3, -0.25) is 9.59 Å². The maximum absolute atomic E-state index is 13.2. The molecule has 0 bridgehead atoms. The van der Waals surface area contributed by atoms with E-state index >= 15 is 0 Å². The Labute approximate surface area is 177 Å². The van der Waals surface area contributed by atoms with Crippen LogP contribution in [0.15, 0.2) is 67.0 Å². The third kappa shape index (κ3) is 2.52. The lowest BCUT2D eigenvalue weighted by Crippen LogP contribution is -2.74. The second-order valence-electron chi connectivity index (χ2n) is 7.20. The quantitative estimate of drug-likeness (QED) is 0.609. The maximum Gasteiger partial charge on any atom is 0.317 e. The van der Waals surface area contributed by atoms with Crippen LogP contribution >= 0.6 is 11.6 Å². The SMILES string of the molecule is CN1C(=O)CN2C(=O)[C@@H](Oc3ncccn3)[C@@]2(c2ccccc2)c2cc(Cl)ccc21. The highest BCUT2D eigenvalue weighted by Crippen LogP contribution is 2.53. The van der Waals surface area contributed by atoms with Gasteiger partial charge in [-0.05, 0) is 29.8 Å². The minimum atomic E-state index is -1.04. The molecule has 30 heavy (non-hydrogen) atoms. The molecule has 2 aliphatic rings. The van der Waals surface area contributed by atoms with Gasteiger partial charge in [-0.1, -0.05) is 41.9 Å². The van der Waals surface area contributed by atoms with E-state index in [2.05, 4.69) is 9.97 Å². The highest BCUT2D eigenvalue weighted by atomic mass is 35.5. The van der Waals surface area contributed by atoms with E-state index in [1.54, 1.807) is 53.5 Å². The summed E-state index contributed by atoms with van der Waals surface area (Å²) in [7, 11) is 1.69. The van der Waals surface area contributed by atoms with Gasteiger partial charge in [-0.15, -0.1) is 0 Å². The zero-order chi connectivity index (χ0) is 20.9. The predicted molar refractivity (Wildman–Crippen MR) is 110 cm³/mol. The fraction of sp³-hybridized carbons (Fsp3) is 0.182. The number of halogens is 1. The number of carbonyl (C=O) groups is 2. The number of benzene rings is 2. The van der Waals surface area contributed by atoms with Crippen molar-refractivity contribution < 1.29 is 14.3 Å². The van der Waals surface area contributed by atoms with E-state index in [-0.39, 0.29) is 24.4 Å². The van der Waals surface area contributed by atoms with E-state index in [1.165, 1.54) is 0 Å². The topological polar surface area (TPSA) is 75.6 Å². The summed E-state index contributed by atoms with van der Waals surface area (Å²) in [6.45, 7) is -0.0773. The smallest absolute Gasteiger partial charge is 0.317 e. The summed E-state index contributed by atoms with van der Waals surface area (Å²) in [5.41, 5.74) is 1.16. The molecule has 0 radical (unpaired) electrons. The Bertz CT molecular complexity index is 1140. The van der Waals surface area contributed by atoms with E-state index in [9.17, 15) is 9.59 Å². The van der Waals surface area contributed by atoms with Crippen molar-refractivity contribution in [2.24, 2.45) is 0 Å². The lowest BCUT2D eigenvalue weighted by atomic mass is 9.69. The number of aromatic nitrogens is 2. The number of carbonyl (C=O) groups excluding carboxylic acids is 2. The summed E-state index contributed by atoms with van der Waals surface area (Å²) < 4.78 is 6.03. The number of amides is 2. The van der Waals surface area contributed by atoms with Crippen LogP contribution in [0.2, 0.25) is 5.02 Å². The molecule has 5 rings (SSSR count). The van der Waals surface area contributed by atoms with Crippen molar-refractivity contribution in [3.63, 3.8) is 0 Å². The molecule has 1 saturated heterocycles. The standard InChI is InChI=1S/C22H17ClN4O3/c1-26-17-9-8-15(23)12-16(17)22(14-6-3-2-4-7-14)19(20(29)27(22)13-18(26)28)30-21-24-10-5-11-25-21/h2-12,19H,13H2,1H3/t19-,22-/m1/s1. The van der Waals surface area contributed by atoms with Crippen LogP contribution in [0, 0.1) is 0 Å². The molecular weight excluding hydrogens is 404 g/mol. The molecular formula is C22H17ClN4O3. The third-order valence-corrected chi connectivity index (χ3v) is 5.91. The Kier molecular flexibility index (Phi) is 4.22. The molecule has 7 nitrogen and oxygen atoms in total. The van der Waals surface area contributed by atoms with Crippen LogP contribution in [0.4, 0.5) is 5.69 Å². The second-order valence-corrected chi connectivity index (χ2v) is 7.64. The highest BCUT2D eigenvalue weighted by molar-refractivity contribution is 6.30. The van der Waals surface area contributed by atoms with Gasteiger partial charge in [-0.25, -0.2) is 9.97 Å². The van der Waals surface area contributed by atoms with Crippen molar-refractivity contribution in [3.05, 3.63) is 83.1 Å². The van der Waals surface area contributed by atoms with Gasteiger partial charge < -0.3 is 14.5 Å². The number of anilines is 1. The van der Waals surface area contributed by atoms with E-state index in [4.69, 9.17) is 16.3 Å². The molecule has 150 valence electrons. The molecule has 2 aromatic carbocycles. The second kappa shape index (κ2) is 6.81. The first-order valence-electron chi connectivity index (χ1n) is 9.40. The minimum absolute atomic E-state index is 0.0773.